The van der Waals surface area contributed by atoms with Crippen molar-refractivity contribution in [1.82, 2.24) is 0 Å². The van der Waals surface area contributed by atoms with Crippen molar-refractivity contribution in [3.05, 3.63) is 64.4 Å². The quantitative estimate of drug-likeness (QED) is 0.513. The lowest BCUT2D eigenvalue weighted by Crippen LogP contribution is -2.43. The maximum Gasteiger partial charge on any atom is 0.417 e. The number of hydrogen-bond donors (Lipinski definition) is 1. The van der Waals surface area contributed by atoms with Crippen molar-refractivity contribution in [1.29, 1.82) is 5.26 Å². The van der Waals surface area contributed by atoms with Crippen molar-refractivity contribution in [3.8, 4) is 17.6 Å². The average Bonchev–Trinajstić information content (AvgIpc) is 2.96. The van der Waals surface area contributed by atoms with E-state index in [1.807, 2.05) is 27.7 Å². The van der Waals surface area contributed by atoms with Gasteiger partial charge in [-0.15, -0.1) is 0 Å². The lowest BCUT2D eigenvalue weighted by molar-refractivity contribution is -0.137. The van der Waals surface area contributed by atoms with Gasteiger partial charge in [0.2, 0.25) is 0 Å². The first-order valence-corrected chi connectivity index (χ1v) is 11.3. The van der Waals surface area contributed by atoms with Gasteiger partial charge in [-0.2, -0.15) is 18.4 Å². The molecule has 1 unspecified atom stereocenters. The zero-order valence-corrected chi connectivity index (χ0v) is 19.5. The molecule has 2 aliphatic carbocycles. The van der Waals surface area contributed by atoms with E-state index in [1.165, 1.54) is 0 Å². The largest absolute Gasteiger partial charge is 0.511 e. The molecule has 0 aromatic heterocycles. The van der Waals surface area contributed by atoms with Crippen LogP contribution in [0, 0.1) is 28.1 Å². The fraction of sp³-hybridized carbons (Fsp3) is 0.407. The Morgan fingerprint density at radius 1 is 1.15 bits per heavy atom. The lowest BCUT2D eigenvalue weighted by Gasteiger charge is -2.45. The standard InChI is InChI=1S/C27H26F3NO3/c1-5-15-6-7-18(34-17-8-9-20(27(28,29)30)16(12-17)14-31)13-19(15)22-23(32)21-10-11-26(4,24(22)33)25(21,2)3/h6-9,12-13,21,33H,5,10-11H2,1-4H3/t21-,26?/m0/s1. The number of ether oxygens (including phenoxy) is 1. The summed E-state index contributed by atoms with van der Waals surface area (Å²) >= 11 is 0. The SMILES string of the molecule is CCc1ccc(Oc2ccc(C(F)(F)F)c(C#N)c2)cc1C1=C(O)C2(C)CC[C@@H](C1=O)C2(C)C. The summed E-state index contributed by atoms with van der Waals surface area (Å²) in [6.07, 6.45) is -2.61. The van der Waals surface area contributed by atoms with E-state index < -0.39 is 22.7 Å². The summed E-state index contributed by atoms with van der Waals surface area (Å²) in [6, 6.07) is 9.68. The molecular weight excluding hydrogens is 443 g/mol. The maximum atomic E-state index is 13.5. The van der Waals surface area contributed by atoms with Crippen LogP contribution in [0.4, 0.5) is 13.2 Å². The molecule has 178 valence electrons. The minimum Gasteiger partial charge on any atom is -0.511 e. The highest BCUT2D eigenvalue weighted by Crippen LogP contribution is 2.64. The number of aliphatic hydroxyl groups excluding tert-OH is 1. The number of carbonyl (C=O) groups is 1. The second-order valence-electron chi connectivity index (χ2n) is 9.82. The molecule has 4 rings (SSSR count). The van der Waals surface area contributed by atoms with Crippen LogP contribution in [0.1, 0.15) is 62.8 Å². The molecule has 0 saturated heterocycles. The van der Waals surface area contributed by atoms with E-state index in [0.29, 0.717) is 36.1 Å². The summed E-state index contributed by atoms with van der Waals surface area (Å²) < 4.78 is 45.1. The highest BCUT2D eigenvalue weighted by molar-refractivity contribution is 6.24. The number of benzene rings is 2. The number of carbonyl (C=O) groups excluding carboxylic acids is 1. The summed E-state index contributed by atoms with van der Waals surface area (Å²) in [5.41, 5.74) is -0.733. The Labute approximate surface area is 196 Å². The van der Waals surface area contributed by atoms with Crippen molar-refractivity contribution < 1.29 is 27.8 Å². The third-order valence-electron chi connectivity index (χ3n) is 7.93. The summed E-state index contributed by atoms with van der Waals surface area (Å²) in [4.78, 5) is 13.5. The molecule has 2 aromatic carbocycles. The van der Waals surface area contributed by atoms with Crippen LogP contribution in [0.2, 0.25) is 0 Å². The van der Waals surface area contributed by atoms with Gasteiger partial charge >= 0.3 is 6.18 Å². The average molecular weight is 470 g/mol. The number of alkyl halides is 3. The van der Waals surface area contributed by atoms with Crippen LogP contribution in [0.5, 0.6) is 11.5 Å². The monoisotopic (exact) mass is 469 g/mol. The van der Waals surface area contributed by atoms with Gasteiger partial charge in [-0.05, 0) is 66.1 Å². The van der Waals surface area contributed by atoms with Crippen molar-refractivity contribution in [2.75, 3.05) is 0 Å². The van der Waals surface area contributed by atoms with Crippen molar-refractivity contribution in [2.24, 2.45) is 16.7 Å². The van der Waals surface area contributed by atoms with Crippen LogP contribution in [0.15, 0.2) is 42.2 Å². The molecule has 7 heteroatoms. The predicted octanol–water partition coefficient (Wildman–Crippen LogP) is 7.23. The number of halogens is 3. The molecular formula is C27H26F3NO3. The molecule has 1 saturated carbocycles. The molecule has 2 aliphatic rings. The topological polar surface area (TPSA) is 70.3 Å². The van der Waals surface area contributed by atoms with Crippen molar-refractivity contribution in [2.45, 2.75) is 53.1 Å². The van der Waals surface area contributed by atoms with Gasteiger partial charge in [0.05, 0.1) is 22.8 Å². The highest BCUT2D eigenvalue weighted by Gasteiger charge is 2.61. The number of ketones is 1. The second kappa shape index (κ2) is 7.90. The van der Waals surface area contributed by atoms with Gasteiger partial charge in [0.15, 0.2) is 5.78 Å². The second-order valence-corrected chi connectivity index (χ2v) is 9.82. The van der Waals surface area contributed by atoms with Gasteiger partial charge in [-0.25, -0.2) is 0 Å². The Morgan fingerprint density at radius 3 is 2.41 bits per heavy atom. The first-order chi connectivity index (χ1) is 15.8. The van der Waals surface area contributed by atoms with Gasteiger partial charge in [-0.3, -0.25) is 4.79 Å². The number of fused-ring (bicyclic) bond motifs is 2. The number of nitriles is 1. The predicted molar refractivity (Wildman–Crippen MR) is 121 cm³/mol. The Balaban J connectivity index is 1.78. The summed E-state index contributed by atoms with van der Waals surface area (Å²) in [5, 5.41) is 20.5. The minimum absolute atomic E-state index is 0.0704. The summed E-state index contributed by atoms with van der Waals surface area (Å²) in [5.74, 6) is 0.160. The minimum atomic E-state index is -4.64. The van der Waals surface area contributed by atoms with E-state index in [0.717, 1.165) is 23.8 Å². The van der Waals surface area contributed by atoms with E-state index in [4.69, 9.17) is 10.00 Å². The van der Waals surface area contributed by atoms with Crippen LogP contribution >= 0.6 is 0 Å². The van der Waals surface area contributed by atoms with E-state index in [9.17, 15) is 23.1 Å². The lowest BCUT2D eigenvalue weighted by atomic mass is 9.58. The molecule has 34 heavy (non-hydrogen) atoms. The van der Waals surface area contributed by atoms with Crippen LogP contribution in [0.25, 0.3) is 5.57 Å². The molecule has 2 atom stereocenters. The Morgan fingerprint density at radius 2 is 1.79 bits per heavy atom. The smallest absolute Gasteiger partial charge is 0.417 e. The Hall–Kier alpha value is -3.27. The molecule has 2 bridgehead atoms. The van der Waals surface area contributed by atoms with Gasteiger partial charge in [-0.1, -0.05) is 33.8 Å². The number of aryl methyl sites for hydroxylation is 1. The zero-order chi connectivity index (χ0) is 25.1. The van der Waals surface area contributed by atoms with Gasteiger partial charge in [0.25, 0.3) is 0 Å². The highest BCUT2D eigenvalue weighted by atomic mass is 19.4. The van der Waals surface area contributed by atoms with Crippen LogP contribution in [-0.4, -0.2) is 10.9 Å². The summed E-state index contributed by atoms with van der Waals surface area (Å²) in [7, 11) is 0. The van der Waals surface area contributed by atoms with Crippen LogP contribution in [-0.2, 0) is 17.4 Å². The molecule has 0 radical (unpaired) electrons. The number of aliphatic hydroxyl groups is 1. The molecule has 0 aliphatic heterocycles. The van der Waals surface area contributed by atoms with Crippen LogP contribution < -0.4 is 4.74 Å². The molecule has 2 aromatic rings. The normalized spacial score (nSPS) is 23.7. The fourth-order valence-corrected chi connectivity index (χ4v) is 5.43. The van der Waals surface area contributed by atoms with Crippen LogP contribution in [0.3, 0.4) is 0 Å². The van der Waals surface area contributed by atoms with Gasteiger partial charge < -0.3 is 9.84 Å². The number of hydrogen-bond acceptors (Lipinski definition) is 4. The molecule has 0 heterocycles. The van der Waals surface area contributed by atoms with Gasteiger partial charge in [0.1, 0.15) is 17.3 Å². The Bertz CT molecular complexity index is 1250. The molecule has 0 spiro atoms. The third kappa shape index (κ3) is 3.48. The van der Waals surface area contributed by atoms with E-state index in [-0.39, 0.29) is 28.6 Å². The summed E-state index contributed by atoms with van der Waals surface area (Å²) in [6.45, 7) is 7.98. The van der Waals surface area contributed by atoms with E-state index >= 15 is 0 Å². The third-order valence-corrected chi connectivity index (χ3v) is 7.93. The molecule has 4 nitrogen and oxygen atoms in total. The molecule has 1 N–H and O–H groups in total. The number of rotatable bonds is 4. The van der Waals surface area contributed by atoms with Crippen molar-refractivity contribution in [3.63, 3.8) is 0 Å². The van der Waals surface area contributed by atoms with Crippen molar-refractivity contribution >= 4 is 11.4 Å². The van der Waals surface area contributed by atoms with Gasteiger partial charge in [0, 0.05) is 11.3 Å². The first-order valence-electron chi connectivity index (χ1n) is 11.3. The Kier molecular flexibility index (Phi) is 5.55. The molecule has 1 fully saturated rings. The molecule has 0 amide bonds. The number of nitrogens with zero attached hydrogens (tertiary/aromatic N) is 1. The number of allylic oxidation sites excluding steroid dienone is 2. The number of Topliss-reactive ketones (excluding diaryl/α,β-unsaturated/α-hetero) is 1. The first kappa shape index (κ1) is 23.9. The zero-order valence-electron chi connectivity index (χ0n) is 19.5. The maximum absolute atomic E-state index is 13.5. The fourth-order valence-electron chi connectivity index (χ4n) is 5.43. The van der Waals surface area contributed by atoms with E-state index in [1.54, 1.807) is 24.3 Å². The van der Waals surface area contributed by atoms with E-state index in [2.05, 4.69) is 0 Å².